The van der Waals surface area contributed by atoms with Crippen molar-refractivity contribution < 1.29 is 14.3 Å². The van der Waals surface area contributed by atoms with Crippen LogP contribution in [-0.4, -0.2) is 47.1 Å². The second kappa shape index (κ2) is 7.69. The molecule has 9 heteroatoms. The Hall–Kier alpha value is -3.20. The number of anilines is 2. The number of nitrogens with zero attached hydrogens (tertiary/aromatic N) is 5. The summed E-state index contributed by atoms with van der Waals surface area (Å²) in [5, 5.41) is 20.2. The first-order valence-electron chi connectivity index (χ1n) is 11.3. The molecular weight excluding hydrogens is 422 g/mol. The fraction of sp³-hybridized carbons (Fsp3) is 0.500. The van der Waals surface area contributed by atoms with Gasteiger partial charge in [-0.25, -0.2) is 4.63 Å². The van der Waals surface area contributed by atoms with E-state index in [1.165, 1.54) is 11.1 Å². The van der Waals surface area contributed by atoms with Crippen LogP contribution in [-0.2, 0) is 16.7 Å². The molecule has 174 valence electrons. The van der Waals surface area contributed by atoms with Crippen LogP contribution in [0.2, 0.25) is 0 Å². The molecule has 3 aromatic rings. The number of hydrogen-bond acceptors (Lipinski definition) is 8. The lowest BCUT2D eigenvalue weighted by Gasteiger charge is -2.42. The number of morpholine rings is 1. The molecule has 5 rings (SSSR count). The summed E-state index contributed by atoms with van der Waals surface area (Å²) in [6.07, 6.45) is 0.896. The second-order valence-corrected chi connectivity index (χ2v) is 10.2. The summed E-state index contributed by atoms with van der Waals surface area (Å²) >= 11 is 0. The third kappa shape index (κ3) is 3.60. The van der Waals surface area contributed by atoms with Crippen molar-refractivity contribution in [2.75, 3.05) is 36.1 Å². The van der Waals surface area contributed by atoms with Crippen molar-refractivity contribution in [3.63, 3.8) is 0 Å². The number of aromatic nitrogens is 2. The van der Waals surface area contributed by atoms with Gasteiger partial charge in [0.2, 0.25) is 5.52 Å². The van der Waals surface area contributed by atoms with Gasteiger partial charge in [-0.1, -0.05) is 38.1 Å². The minimum absolute atomic E-state index is 0.0378. The van der Waals surface area contributed by atoms with Crippen LogP contribution in [0.1, 0.15) is 45.2 Å². The molecule has 1 saturated heterocycles. The van der Waals surface area contributed by atoms with E-state index in [1.807, 2.05) is 11.0 Å². The molecule has 2 aromatic carbocycles. The van der Waals surface area contributed by atoms with Gasteiger partial charge in [0, 0.05) is 25.2 Å². The lowest BCUT2D eigenvalue weighted by molar-refractivity contribution is -0.382. The topological polar surface area (TPSA) is 97.8 Å². The number of hydrogen-bond donors (Lipinski definition) is 0. The van der Waals surface area contributed by atoms with Crippen molar-refractivity contribution in [1.29, 1.82) is 0 Å². The van der Waals surface area contributed by atoms with Gasteiger partial charge in [0.05, 0.1) is 23.8 Å². The van der Waals surface area contributed by atoms with Crippen molar-refractivity contribution in [3.05, 3.63) is 51.6 Å². The standard InChI is InChI=1S/C24H29N5O4/c1-23(2)15-24(3,4)28(14-16-7-5-6-8-17(16)23)18-13-19(27-9-11-32-12-10-27)22(29(30)31)21-20(18)25-33-26-21/h5-8,13H,9-12,14-15H2,1-4H3. The van der Waals surface area contributed by atoms with Crippen molar-refractivity contribution in [2.45, 2.75) is 51.6 Å². The van der Waals surface area contributed by atoms with Gasteiger partial charge in [-0.2, -0.15) is 0 Å². The van der Waals surface area contributed by atoms with Crippen LogP contribution in [0.3, 0.4) is 0 Å². The van der Waals surface area contributed by atoms with E-state index in [4.69, 9.17) is 9.37 Å². The number of rotatable bonds is 3. The molecule has 0 bridgehead atoms. The largest absolute Gasteiger partial charge is 0.378 e. The lowest BCUT2D eigenvalue weighted by Crippen LogP contribution is -2.45. The van der Waals surface area contributed by atoms with Crippen molar-refractivity contribution in [1.82, 2.24) is 10.3 Å². The monoisotopic (exact) mass is 451 g/mol. The lowest BCUT2D eigenvalue weighted by atomic mass is 9.75. The quantitative estimate of drug-likeness (QED) is 0.426. The SMILES string of the molecule is CC1(C)CC(C)(C)N(c2cc(N3CCOCC3)c([N+](=O)[O-])c3nonc23)Cc2ccccc21. The number of benzene rings is 2. The predicted molar refractivity (Wildman–Crippen MR) is 126 cm³/mol. The molecule has 33 heavy (non-hydrogen) atoms. The summed E-state index contributed by atoms with van der Waals surface area (Å²) in [5.74, 6) is 0. The highest BCUT2D eigenvalue weighted by molar-refractivity contribution is 6.00. The minimum Gasteiger partial charge on any atom is -0.378 e. The number of fused-ring (bicyclic) bond motifs is 2. The zero-order chi connectivity index (χ0) is 23.4. The summed E-state index contributed by atoms with van der Waals surface area (Å²) < 4.78 is 10.5. The predicted octanol–water partition coefficient (Wildman–Crippen LogP) is 4.43. The molecular formula is C24H29N5O4. The highest BCUT2D eigenvalue weighted by Crippen LogP contribution is 2.47. The smallest absolute Gasteiger partial charge is 0.323 e. The highest BCUT2D eigenvalue weighted by Gasteiger charge is 2.41. The molecule has 1 aromatic heterocycles. The van der Waals surface area contributed by atoms with Crippen LogP contribution in [0.5, 0.6) is 0 Å². The average molecular weight is 452 g/mol. The Kier molecular flexibility index (Phi) is 5.04. The molecule has 9 nitrogen and oxygen atoms in total. The van der Waals surface area contributed by atoms with Crippen LogP contribution in [0, 0.1) is 10.1 Å². The molecule has 2 aliphatic heterocycles. The molecule has 0 amide bonds. The van der Waals surface area contributed by atoms with Crippen molar-refractivity contribution >= 4 is 28.1 Å². The Morgan fingerprint density at radius 1 is 1.03 bits per heavy atom. The average Bonchev–Trinajstić information content (AvgIpc) is 3.23. The van der Waals surface area contributed by atoms with E-state index in [1.54, 1.807) is 0 Å². The van der Waals surface area contributed by atoms with Gasteiger partial charge in [0.15, 0.2) is 5.52 Å². The third-order valence-corrected chi connectivity index (χ3v) is 6.98. The Bertz CT molecular complexity index is 1210. The van der Waals surface area contributed by atoms with Crippen LogP contribution in [0.25, 0.3) is 11.0 Å². The number of nitro benzene ring substituents is 1. The van der Waals surface area contributed by atoms with Crippen LogP contribution >= 0.6 is 0 Å². The van der Waals surface area contributed by atoms with E-state index < -0.39 is 0 Å². The summed E-state index contributed by atoms with van der Waals surface area (Å²) in [5.41, 5.74) is 4.15. The molecule has 0 aliphatic carbocycles. The maximum absolute atomic E-state index is 12.1. The first-order chi connectivity index (χ1) is 15.7. The molecule has 0 spiro atoms. The summed E-state index contributed by atoms with van der Waals surface area (Å²) in [6.45, 7) is 11.9. The van der Waals surface area contributed by atoms with Gasteiger partial charge in [-0.15, -0.1) is 0 Å². The Balaban J connectivity index is 1.73. The maximum atomic E-state index is 12.1. The van der Waals surface area contributed by atoms with Crippen molar-refractivity contribution in [3.8, 4) is 0 Å². The molecule has 1 fully saturated rings. The zero-order valence-electron chi connectivity index (χ0n) is 19.5. The first-order valence-corrected chi connectivity index (χ1v) is 11.3. The summed E-state index contributed by atoms with van der Waals surface area (Å²) in [7, 11) is 0. The van der Waals surface area contributed by atoms with E-state index >= 15 is 0 Å². The molecule has 2 aliphatic rings. The van der Waals surface area contributed by atoms with Gasteiger partial charge in [-0.3, -0.25) is 10.1 Å². The fourth-order valence-corrected chi connectivity index (χ4v) is 5.72. The number of ether oxygens (including phenoxy) is 1. The van der Waals surface area contributed by atoms with Crippen LogP contribution in [0.4, 0.5) is 17.1 Å². The van der Waals surface area contributed by atoms with E-state index in [0.717, 1.165) is 12.1 Å². The van der Waals surface area contributed by atoms with Gasteiger partial charge >= 0.3 is 5.69 Å². The number of nitro groups is 1. The van der Waals surface area contributed by atoms with Gasteiger partial charge in [0.1, 0.15) is 5.69 Å². The Morgan fingerprint density at radius 3 is 2.45 bits per heavy atom. The van der Waals surface area contributed by atoms with E-state index in [0.29, 0.717) is 44.1 Å². The summed E-state index contributed by atoms with van der Waals surface area (Å²) in [4.78, 5) is 16.0. The molecule has 0 atom stereocenters. The highest BCUT2D eigenvalue weighted by atomic mass is 16.6. The van der Waals surface area contributed by atoms with Gasteiger partial charge in [-0.05, 0) is 53.2 Å². The normalized spacial score (nSPS) is 19.9. The van der Waals surface area contributed by atoms with Gasteiger partial charge in [0.25, 0.3) is 0 Å². The molecule has 0 radical (unpaired) electrons. The van der Waals surface area contributed by atoms with E-state index in [2.05, 4.69) is 67.2 Å². The van der Waals surface area contributed by atoms with Gasteiger partial charge < -0.3 is 14.5 Å². The molecule has 3 heterocycles. The maximum Gasteiger partial charge on any atom is 0.323 e. The van der Waals surface area contributed by atoms with Crippen LogP contribution < -0.4 is 9.80 Å². The first kappa shape index (κ1) is 21.6. The van der Waals surface area contributed by atoms with Crippen molar-refractivity contribution in [2.24, 2.45) is 0 Å². The molecule has 0 unspecified atom stereocenters. The molecule has 0 N–H and O–H groups in total. The Morgan fingerprint density at radius 2 is 1.73 bits per heavy atom. The third-order valence-electron chi connectivity index (χ3n) is 6.98. The van der Waals surface area contributed by atoms with E-state index in [-0.39, 0.29) is 27.1 Å². The Labute approximate surface area is 192 Å². The molecule has 0 saturated carbocycles. The summed E-state index contributed by atoms with van der Waals surface area (Å²) in [6, 6.07) is 10.4. The van der Waals surface area contributed by atoms with Crippen LogP contribution in [0.15, 0.2) is 35.0 Å². The minimum atomic E-state index is -0.382. The van der Waals surface area contributed by atoms with E-state index in [9.17, 15) is 10.1 Å². The fourth-order valence-electron chi connectivity index (χ4n) is 5.72. The second-order valence-electron chi connectivity index (χ2n) is 10.2. The zero-order valence-corrected chi connectivity index (χ0v) is 19.5.